The molecule has 6 heteroatoms. The van der Waals surface area contributed by atoms with Crippen LogP contribution in [-0.4, -0.2) is 33.3 Å². The third kappa shape index (κ3) is 6.01. The second-order valence-electron chi connectivity index (χ2n) is 5.36. The predicted molar refractivity (Wildman–Crippen MR) is 87.0 cm³/mol. The summed E-state index contributed by atoms with van der Waals surface area (Å²) in [4.78, 5) is 23.1. The number of carbonyl (C=O) groups excluding carboxylic acids is 1. The van der Waals surface area contributed by atoms with Gasteiger partial charge in [0, 0.05) is 16.4 Å². The van der Waals surface area contributed by atoms with Gasteiger partial charge in [-0.2, -0.15) is 0 Å². The number of carbonyl (C=O) groups is 2. The molecule has 0 aliphatic carbocycles. The van der Waals surface area contributed by atoms with Gasteiger partial charge in [-0.05, 0) is 52.6 Å². The van der Waals surface area contributed by atoms with E-state index >= 15 is 0 Å². The molecule has 0 aliphatic rings. The van der Waals surface area contributed by atoms with Crippen LogP contribution in [0.2, 0.25) is 0 Å². The summed E-state index contributed by atoms with van der Waals surface area (Å²) in [7, 11) is 0. The molecule has 1 rings (SSSR count). The highest BCUT2D eigenvalue weighted by Crippen LogP contribution is 2.13. The molecular weight excluding hydrogens is 385 g/mol. The summed E-state index contributed by atoms with van der Waals surface area (Å²) in [5.74, 6) is -1.45. The van der Waals surface area contributed by atoms with Gasteiger partial charge in [-0.25, -0.2) is 9.86 Å². The van der Waals surface area contributed by atoms with Gasteiger partial charge in [-0.15, -0.1) is 0 Å². The van der Waals surface area contributed by atoms with Crippen molar-refractivity contribution in [2.45, 2.75) is 39.2 Å². The Hall–Kier alpha value is -1.15. The Balaban J connectivity index is 2.74. The van der Waals surface area contributed by atoms with E-state index in [0.29, 0.717) is 17.4 Å². The third-order valence-electron chi connectivity index (χ3n) is 3.11. The van der Waals surface area contributed by atoms with Gasteiger partial charge in [0.05, 0.1) is 0 Å². The van der Waals surface area contributed by atoms with Crippen molar-refractivity contribution in [3.8, 4) is 0 Å². The number of halogens is 1. The SMILES string of the molecule is CC(C)CCC(=O)N(O)[C@@H](Cc1ccc(I)cc1)C(=O)O. The van der Waals surface area contributed by atoms with Gasteiger partial charge in [0.1, 0.15) is 0 Å². The van der Waals surface area contributed by atoms with Crippen LogP contribution >= 0.6 is 22.6 Å². The van der Waals surface area contributed by atoms with Gasteiger partial charge in [0.2, 0.25) is 5.91 Å². The van der Waals surface area contributed by atoms with E-state index in [1.54, 1.807) is 12.1 Å². The first-order chi connectivity index (χ1) is 9.81. The molecule has 0 saturated carbocycles. The molecular formula is C15H20INO4. The molecule has 0 fully saturated rings. The van der Waals surface area contributed by atoms with Crippen molar-refractivity contribution in [1.29, 1.82) is 0 Å². The Morgan fingerprint density at radius 1 is 1.24 bits per heavy atom. The number of benzene rings is 1. The minimum Gasteiger partial charge on any atom is -0.480 e. The van der Waals surface area contributed by atoms with Crippen LogP contribution in [0.15, 0.2) is 24.3 Å². The fraction of sp³-hybridized carbons (Fsp3) is 0.467. The lowest BCUT2D eigenvalue weighted by molar-refractivity contribution is -0.186. The minimum absolute atomic E-state index is 0.0795. The molecule has 116 valence electrons. The first-order valence-corrected chi connectivity index (χ1v) is 7.87. The van der Waals surface area contributed by atoms with E-state index in [0.717, 1.165) is 9.13 Å². The summed E-state index contributed by atoms with van der Waals surface area (Å²) in [6.07, 6.45) is 0.840. The topological polar surface area (TPSA) is 77.8 Å². The van der Waals surface area contributed by atoms with Crippen LogP contribution in [-0.2, 0) is 16.0 Å². The Morgan fingerprint density at radius 3 is 2.29 bits per heavy atom. The molecule has 0 radical (unpaired) electrons. The molecule has 0 unspecified atom stereocenters. The number of carboxylic acids is 1. The van der Waals surface area contributed by atoms with E-state index in [4.69, 9.17) is 0 Å². The molecule has 1 amide bonds. The Kier molecular flexibility index (Phi) is 7.10. The zero-order valence-corrected chi connectivity index (χ0v) is 14.3. The van der Waals surface area contributed by atoms with Crippen molar-refractivity contribution in [3.05, 3.63) is 33.4 Å². The van der Waals surface area contributed by atoms with Crippen LogP contribution in [0.25, 0.3) is 0 Å². The number of rotatable bonds is 7. The van der Waals surface area contributed by atoms with Crippen LogP contribution in [0.1, 0.15) is 32.3 Å². The quantitative estimate of drug-likeness (QED) is 0.416. The van der Waals surface area contributed by atoms with E-state index in [9.17, 15) is 19.9 Å². The van der Waals surface area contributed by atoms with Gasteiger partial charge in [0.15, 0.2) is 6.04 Å². The first-order valence-electron chi connectivity index (χ1n) is 6.79. The van der Waals surface area contributed by atoms with Crippen LogP contribution < -0.4 is 0 Å². The number of amides is 1. The highest BCUT2D eigenvalue weighted by atomic mass is 127. The summed E-state index contributed by atoms with van der Waals surface area (Å²) < 4.78 is 1.04. The fourth-order valence-corrected chi connectivity index (χ4v) is 2.18. The maximum absolute atomic E-state index is 11.8. The van der Waals surface area contributed by atoms with E-state index in [2.05, 4.69) is 22.6 Å². The van der Waals surface area contributed by atoms with Crippen LogP contribution in [0.5, 0.6) is 0 Å². The number of hydrogen-bond donors (Lipinski definition) is 2. The zero-order valence-electron chi connectivity index (χ0n) is 12.1. The Bertz CT molecular complexity index is 487. The number of hydrogen-bond acceptors (Lipinski definition) is 3. The third-order valence-corrected chi connectivity index (χ3v) is 3.83. The Labute approximate surface area is 138 Å². The number of aliphatic carboxylic acids is 1. The zero-order chi connectivity index (χ0) is 16.0. The van der Waals surface area contributed by atoms with Crippen molar-refractivity contribution < 1.29 is 19.9 Å². The molecule has 1 atom stereocenters. The maximum atomic E-state index is 11.8. The van der Waals surface area contributed by atoms with Crippen LogP contribution in [0.4, 0.5) is 0 Å². The maximum Gasteiger partial charge on any atom is 0.329 e. The molecule has 0 bridgehead atoms. The summed E-state index contributed by atoms with van der Waals surface area (Å²) in [5, 5.41) is 19.5. The average Bonchev–Trinajstić information content (AvgIpc) is 2.43. The van der Waals surface area contributed by atoms with Crippen molar-refractivity contribution in [3.63, 3.8) is 0 Å². The number of hydroxylamine groups is 2. The molecule has 0 aliphatic heterocycles. The number of nitrogens with zero attached hydrogens (tertiary/aromatic N) is 1. The van der Waals surface area contributed by atoms with E-state index in [1.807, 2.05) is 26.0 Å². The van der Waals surface area contributed by atoms with Crippen molar-refractivity contribution in [1.82, 2.24) is 5.06 Å². The average molecular weight is 405 g/mol. The van der Waals surface area contributed by atoms with Gasteiger partial charge < -0.3 is 5.11 Å². The molecule has 2 N–H and O–H groups in total. The fourth-order valence-electron chi connectivity index (χ4n) is 1.82. The van der Waals surface area contributed by atoms with Crippen LogP contribution in [0, 0.1) is 9.49 Å². The summed E-state index contributed by atoms with van der Waals surface area (Å²) >= 11 is 2.15. The van der Waals surface area contributed by atoms with Gasteiger partial charge in [-0.1, -0.05) is 26.0 Å². The van der Waals surface area contributed by atoms with Crippen molar-refractivity contribution in [2.24, 2.45) is 5.92 Å². The second-order valence-corrected chi connectivity index (χ2v) is 6.60. The largest absolute Gasteiger partial charge is 0.480 e. The Morgan fingerprint density at radius 2 is 1.81 bits per heavy atom. The molecule has 0 heterocycles. The lowest BCUT2D eigenvalue weighted by Gasteiger charge is -2.23. The highest BCUT2D eigenvalue weighted by Gasteiger charge is 2.28. The summed E-state index contributed by atoms with van der Waals surface area (Å²) in [6.45, 7) is 3.94. The van der Waals surface area contributed by atoms with E-state index in [1.165, 1.54) is 0 Å². The normalized spacial score (nSPS) is 12.2. The van der Waals surface area contributed by atoms with Crippen LogP contribution in [0.3, 0.4) is 0 Å². The summed E-state index contributed by atoms with van der Waals surface area (Å²) in [6, 6.07) is 6.05. The van der Waals surface area contributed by atoms with Crippen molar-refractivity contribution >= 4 is 34.5 Å². The molecule has 1 aromatic carbocycles. The smallest absolute Gasteiger partial charge is 0.329 e. The summed E-state index contributed by atoms with van der Waals surface area (Å²) in [5.41, 5.74) is 0.763. The molecule has 0 spiro atoms. The second kappa shape index (κ2) is 8.33. The van der Waals surface area contributed by atoms with E-state index < -0.39 is 17.9 Å². The van der Waals surface area contributed by atoms with Crippen molar-refractivity contribution in [2.75, 3.05) is 0 Å². The van der Waals surface area contributed by atoms with Gasteiger partial charge >= 0.3 is 5.97 Å². The standard InChI is InChI=1S/C15H20INO4/c1-10(2)3-8-14(18)17(21)13(15(19)20)9-11-4-6-12(16)7-5-11/h4-7,10,13,21H,3,8-9H2,1-2H3,(H,19,20)/t13-/m0/s1. The molecule has 1 aromatic rings. The molecule has 0 saturated heterocycles. The van der Waals surface area contributed by atoms with Gasteiger partial charge in [0.25, 0.3) is 0 Å². The monoisotopic (exact) mass is 405 g/mol. The molecule has 0 aromatic heterocycles. The highest BCUT2D eigenvalue weighted by molar-refractivity contribution is 14.1. The minimum atomic E-state index is -1.26. The lowest BCUT2D eigenvalue weighted by atomic mass is 10.0. The molecule has 5 nitrogen and oxygen atoms in total. The lowest BCUT2D eigenvalue weighted by Crippen LogP contribution is -2.44. The molecule has 21 heavy (non-hydrogen) atoms. The predicted octanol–water partition coefficient (Wildman–Crippen LogP) is 2.94. The van der Waals surface area contributed by atoms with Gasteiger partial charge in [-0.3, -0.25) is 10.0 Å². The van der Waals surface area contributed by atoms with E-state index in [-0.39, 0.29) is 12.8 Å². The number of carboxylic acid groups (broad SMARTS) is 1. The first kappa shape index (κ1) is 17.9.